The van der Waals surface area contributed by atoms with Crippen molar-refractivity contribution < 1.29 is 0 Å². The first-order valence-corrected chi connectivity index (χ1v) is 7.26. The molecule has 0 aliphatic carbocycles. The molecule has 1 heterocycles. The van der Waals surface area contributed by atoms with E-state index in [0.717, 1.165) is 34.5 Å². The molecule has 0 saturated carbocycles. The summed E-state index contributed by atoms with van der Waals surface area (Å²) in [7, 11) is 0. The van der Waals surface area contributed by atoms with Gasteiger partial charge in [-0.2, -0.15) is 5.26 Å². The SMILES string of the molecule is CC(N)(C#N)CCCCSc1ccc(Br)cn1. The van der Waals surface area contributed by atoms with Gasteiger partial charge in [-0.15, -0.1) is 11.8 Å². The summed E-state index contributed by atoms with van der Waals surface area (Å²) in [4.78, 5) is 4.28. The van der Waals surface area contributed by atoms with E-state index in [4.69, 9.17) is 11.0 Å². The Bertz CT molecular complexity index is 384. The molecular formula is C12H16BrN3S. The molecule has 0 aliphatic rings. The molecule has 17 heavy (non-hydrogen) atoms. The van der Waals surface area contributed by atoms with Crippen LogP contribution in [0.2, 0.25) is 0 Å². The number of thioether (sulfide) groups is 1. The molecule has 2 N–H and O–H groups in total. The van der Waals surface area contributed by atoms with Gasteiger partial charge in [-0.05, 0) is 60.0 Å². The molecule has 0 aromatic carbocycles. The van der Waals surface area contributed by atoms with Gasteiger partial charge in [-0.25, -0.2) is 4.98 Å². The smallest absolute Gasteiger partial charge is 0.101 e. The molecule has 1 unspecified atom stereocenters. The number of nitriles is 1. The fourth-order valence-electron chi connectivity index (χ4n) is 1.27. The standard InChI is InChI=1S/C12H16BrN3S/c1-12(15,9-14)6-2-3-7-17-11-5-4-10(13)8-16-11/h4-5,8H,2-3,6-7,15H2,1H3. The van der Waals surface area contributed by atoms with Gasteiger partial charge < -0.3 is 5.73 Å². The van der Waals surface area contributed by atoms with Gasteiger partial charge in [0.15, 0.2) is 0 Å². The van der Waals surface area contributed by atoms with E-state index >= 15 is 0 Å². The fraction of sp³-hybridized carbons (Fsp3) is 0.500. The second-order valence-electron chi connectivity index (χ2n) is 4.15. The number of rotatable bonds is 6. The summed E-state index contributed by atoms with van der Waals surface area (Å²) in [5.74, 6) is 1.01. The average Bonchev–Trinajstić information content (AvgIpc) is 2.31. The van der Waals surface area contributed by atoms with Crippen LogP contribution in [0.4, 0.5) is 0 Å². The Morgan fingerprint density at radius 3 is 2.88 bits per heavy atom. The van der Waals surface area contributed by atoms with Crippen LogP contribution in [0.1, 0.15) is 26.2 Å². The van der Waals surface area contributed by atoms with E-state index in [-0.39, 0.29) is 0 Å². The number of hydrogen-bond donors (Lipinski definition) is 1. The highest BCUT2D eigenvalue weighted by Gasteiger charge is 2.15. The highest BCUT2D eigenvalue weighted by Crippen LogP contribution is 2.20. The normalized spacial score (nSPS) is 14.0. The minimum Gasteiger partial charge on any atom is -0.314 e. The van der Waals surface area contributed by atoms with E-state index in [9.17, 15) is 0 Å². The van der Waals surface area contributed by atoms with Crippen molar-refractivity contribution in [2.45, 2.75) is 36.8 Å². The van der Waals surface area contributed by atoms with Gasteiger partial charge >= 0.3 is 0 Å². The zero-order valence-corrected chi connectivity index (χ0v) is 12.2. The summed E-state index contributed by atoms with van der Waals surface area (Å²) in [5, 5.41) is 9.79. The van der Waals surface area contributed by atoms with Gasteiger partial charge in [0.25, 0.3) is 0 Å². The Kier molecular flexibility index (Phi) is 5.96. The van der Waals surface area contributed by atoms with Crippen molar-refractivity contribution in [1.29, 1.82) is 5.26 Å². The third-order valence-corrected chi connectivity index (χ3v) is 3.80. The lowest BCUT2D eigenvalue weighted by molar-refractivity contribution is 0.519. The summed E-state index contributed by atoms with van der Waals surface area (Å²) < 4.78 is 0.995. The van der Waals surface area contributed by atoms with Crippen LogP contribution in [-0.2, 0) is 0 Å². The predicted octanol–water partition coefficient (Wildman–Crippen LogP) is 3.35. The largest absolute Gasteiger partial charge is 0.314 e. The molecule has 0 bridgehead atoms. The molecule has 0 fully saturated rings. The molecule has 0 saturated heterocycles. The van der Waals surface area contributed by atoms with Gasteiger partial charge in [0.05, 0.1) is 11.1 Å². The highest BCUT2D eigenvalue weighted by molar-refractivity contribution is 9.10. The minimum absolute atomic E-state index is 0.680. The summed E-state index contributed by atoms with van der Waals surface area (Å²) in [6, 6.07) is 6.09. The highest BCUT2D eigenvalue weighted by atomic mass is 79.9. The molecule has 0 spiro atoms. The second-order valence-corrected chi connectivity index (χ2v) is 6.18. The number of nitrogens with two attached hydrogens (primary N) is 1. The van der Waals surface area contributed by atoms with Crippen molar-refractivity contribution in [2.75, 3.05) is 5.75 Å². The molecule has 0 amide bonds. The van der Waals surface area contributed by atoms with E-state index in [1.165, 1.54) is 0 Å². The molecule has 1 aromatic rings. The first kappa shape index (κ1) is 14.5. The van der Waals surface area contributed by atoms with Gasteiger partial charge in [0, 0.05) is 10.7 Å². The van der Waals surface area contributed by atoms with Crippen molar-refractivity contribution >= 4 is 27.7 Å². The topological polar surface area (TPSA) is 62.7 Å². The van der Waals surface area contributed by atoms with Crippen LogP contribution < -0.4 is 5.73 Å². The average molecular weight is 314 g/mol. The van der Waals surface area contributed by atoms with E-state index in [1.54, 1.807) is 24.9 Å². The van der Waals surface area contributed by atoms with Gasteiger partial charge in [0.1, 0.15) is 5.54 Å². The number of aromatic nitrogens is 1. The Labute approximate surface area is 115 Å². The minimum atomic E-state index is -0.680. The predicted molar refractivity (Wildman–Crippen MR) is 74.7 cm³/mol. The van der Waals surface area contributed by atoms with Crippen LogP contribution in [-0.4, -0.2) is 16.3 Å². The first-order valence-electron chi connectivity index (χ1n) is 5.48. The monoisotopic (exact) mass is 313 g/mol. The zero-order chi connectivity index (χ0) is 12.7. The van der Waals surface area contributed by atoms with Crippen LogP contribution in [0.15, 0.2) is 27.8 Å². The molecule has 1 atom stereocenters. The van der Waals surface area contributed by atoms with Gasteiger partial charge in [-0.1, -0.05) is 0 Å². The molecule has 1 rings (SSSR count). The lowest BCUT2D eigenvalue weighted by Crippen LogP contribution is -2.33. The third kappa shape index (κ3) is 6.06. The summed E-state index contributed by atoms with van der Waals surface area (Å²) in [6.07, 6.45) is 4.58. The molecule has 5 heteroatoms. The van der Waals surface area contributed by atoms with E-state index in [2.05, 4.69) is 27.0 Å². The maximum atomic E-state index is 8.76. The van der Waals surface area contributed by atoms with Crippen LogP contribution in [0.5, 0.6) is 0 Å². The lowest BCUT2D eigenvalue weighted by atomic mass is 9.99. The number of unbranched alkanes of at least 4 members (excludes halogenated alkanes) is 1. The zero-order valence-electron chi connectivity index (χ0n) is 9.82. The van der Waals surface area contributed by atoms with Crippen molar-refractivity contribution in [3.05, 3.63) is 22.8 Å². The molecule has 92 valence electrons. The Hall–Kier alpha value is -0.570. The summed E-state index contributed by atoms with van der Waals surface area (Å²) in [5.41, 5.74) is 5.06. The molecule has 3 nitrogen and oxygen atoms in total. The molecule has 0 aliphatic heterocycles. The lowest BCUT2D eigenvalue weighted by Gasteiger charge is -2.14. The molecule has 0 radical (unpaired) electrons. The Balaban J connectivity index is 2.17. The molecule has 1 aromatic heterocycles. The Morgan fingerprint density at radius 1 is 1.53 bits per heavy atom. The summed E-state index contributed by atoms with van der Waals surface area (Å²) >= 11 is 5.08. The van der Waals surface area contributed by atoms with Gasteiger partial charge in [0.2, 0.25) is 0 Å². The van der Waals surface area contributed by atoms with E-state index in [1.807, 2.05) is 12.1 Å². The quantitative estimate of drug-likeness (QED) is 0.646. The number of pyridine rings is 1. The maximum Gasteiger partial charge on any atom is 0.101 e. The maximum absolute atomic E-state index is 8.76. The van der Waals surface area contributed by atoms with Crippen LogP contribution in [0.3, 0.4) is 0 Å². The van der Waals surface area contributed by atoms with Crippen molar-refractivity contribution in [2.24, 2.45) is 5.73 Å². The third-order valence-electron chi connectivity index (χ3n) is 2.30. The first-order chi connectivity index (χ1) is 8.03. The van der Waals surface area contributed by atoms with Crippen LogP contribution >= 0.6 is 27.7 Å². The van der Waals surface area contributed by atoms with Crippen molar-refractivity contribution in [3.63, 3.8) is 0 Å². The van der Waals surface area contributed by atoms with E-state index < -0.39 is 5.54 Å². The summed E-state index contributed by atoms with van der Waals surface area (Å²) in [6.45, 7) is 1.77. The van der Waals surface area contributed by atoms with Crippen LogP contribution in [0.25, 0.3) is 0 Å². The number of hydrogen-bond acceptors (Lipinski definition) is 4. The van der Waals surface area contributed by atoms with Crippen molar-refractivity contribution in [3.8, 4) is 6.07 Å². The van der Waals surface area contributed by atoms with Crippen molar-refractivity contribution in [1.82, 2.24) is 4.98 Å². The van der Waals surface area contributed by atoms with Gasteiger partial charge in [-0.3, -0.25) is 0 Å². The van der Waals surface area contributed by atoms with Crippen LogP contribution in [0, 0.1) is 11.3 Å². The fourth-order valence-corrected chi connectivity index (χ4v) is 2.36. The van der Waals surface area contributed by atoms with E-state index in [0.29, 0.717) is 0 Å². The number of halogens is 1. The molecular weight excluding hydrogens is 298 g/mol. The number of nitrogens with zero attached hydrogens (tertiary/aromatic N) is 2. The second kappa shape index (κ2) is 7.00. The Morgan fingerprint density at radius 2 is 2.29 bits per heavy atom.